The monoisotopic (exact) mass is 281 g/mol. The van der Waals surface area contributed by atoms with Crippen LogP contribution in [0.4, 0.5) is 0 Å². The highest BCUT2D eigenvalue weighted by atomic mass is 16.7. The average molecular weight is 281 g/mol. The molecule has 1 fully saturated rings. The number of aldehydes is 1. The molecule has 2 aromatic carbocycles. The Bertz CT molecular complexity index is 614. The zero-order valence-electron chi connectivity index (χ0n) is 12.3. The number of carbonyl (C=O) groups excluding carboxylic acids is 1. The van der Waals surface area contributed by atoms with Crippen molar-refractivity contribution in [2.24, 2.45) is 0 Å². The van der Waals surface area contributed by atoms with Gasteiger partial charge in [0.25, 0.3) is 0 Å². The average Bonchev–Trinajstić information content (AvgIpc) is 2.80. The number of benzene rings is 2. The van der Waals surface area contributed by atoms with E-state index in [1.54, 1.807) is 5.06 Å². The number of likely N-dealkylation sites (N-methyl/N-ethyl adjacent to an activating group) is 1. The first kappa shape index (κ1) is 14.0. The summed E-state index contributed by atoms with van der Waals surface area (Å²) in [4.78, 5) is 18.1. The van der Waals surface area contributed by atoms with E-state index in [4.69, 9.17) is 4.84 Å². The van der Waals surface area contributed by atoms with Crippen LogP contribution in [0.15, 0.2) is 60.7 Å². The van der Waals surface area contributed by atoms with Crippen molar-refractivity contribution in [3.63, 3.8) is 0 Å². The zero-order chi connectivity index (χ0) is 14.9. The molecular formula is C18H19NO2. The van der Waals surface area contributed by atoms with Crippen LogP contribution in [-0.4, -0.2) is 24.5 Å². The van der Waals surface area contributed by atoms with Gasteiger partial charge in [0.1, 0.15) is 11.7 Å². The number of nitrogens with zero attached hydrogens (tertiary/aromatic N) is 1. The molecule has 3 unspecified atom stereocenters. The third-order valence-electron chi connectivity index (χ3n) is 4.40. The molecule has 1 heterocycles. The van der Waals surface area contributed by atoms with E-state index < -0.39 is 5.41 Å². The predicted octanol–water partition coefficient (Wildman–Crippen LogP) is 3.13. The highest BCUT2D eigenvalue weighted by Gasteiger charge is 2.54. The Kier molecular flexibility index (Phi) is 3.62. The molecule has 0 aromatic heterocycles. The van der Waals surface area contributed by atoms with Crippen LogP contribution < -0.4 is 0 Å². The maximum absolute atomic E-state index is 12.2. The summed E-state index contributed by atoms with van der Waals surface area (Å²) in [5, 5.41) is 1.81. The lowest BCUT2D eigenvalue weighted by atomic mass is 9.70. The molecular weight excluding hydrogens is 262 g/mol. The SMILES string of the molecule is CC1ON(C)C(c2ccccc2)C1(C=O)c1ccccc1. The number of hydrogen-bond donors (Lipinski definition) is 0. The zero-order valence-corrected chi connectivity index (χ0v) is 12.3. The van der Waals surface area contributed by atoms with Crippen LogP contribution in [0, 0.1) is 0 Å². The van der Waals surface area contributed by atoms with Crippen molar-refractivity contribution in [1.82, 2.24) is 5.06 Å². The maximum atomic E-state index is 12.2. The Morgan fingerprint density at radius 2 is 1.62 bits per heavy atom. The van der Waals surface area contributed by atoms with E-state index in [1.807, 2.05) is 74.6 Å². The molecule has 0 amide bonds. The largest absolute Gasteiger partial charge is 0.302 e. The van der Waals surface area contributed by atoms with Crippen molar-refractivity contribution in [2.45, 2.75) is 24.5 Å². The van der Waals surface area contributed by atoms with E-state index in [2.05, 4.69) is 0 Å². The Hall–Kier alpha value is -1.97. The topological polar surface area (TPSA) is 29.5 Å². The Morgan fingerprint density at radius 3 is 2.19 bits per heavy atom. The van der Waals surface area contributed by atoms with Crippen LogP contribution in [0.5, 0.6) is 0 Å². The molecule has 0 saturated carbocycles. The van der Waals surface area contributed by atoms with Crippen LogP contribution in [-0.2, 0) is 15.0 Å². The minimum Gasteiger partial charge on any atom is -0.302 e. The lowest BCUT2D eigenvalue weighted by Crippen LogP contribution is -2.41. The summed E-state index contributed by atoms with van der Waals surface area (Å²) in [6.45, 7) is 1.96. The fourth-order valence-electron chi connectivity index (χ4n) is 3.39. The summed E-state index contributed by atoms with van der Waals surface area (Å²) in [5.41, 5.74) is 1.38. The van der Waals surface area contributed by atoms with Gasteiger partial charge in [-0.15, -0.1) is 0 Å². The third-order valence-corrected chi connectivity index (χ3v) is 4.40. The van der Waals surface area contributed by atoms with Gasteiger partial charge in [0.2, 0.25) is 0 Å². The predicted molar refractivity (Wildman–Crippen MR) is 81.7 cm³/mol. The number of hydroxylamine groups is 2. The van der Waals surface area contributed by atoms with E-state index in [-0.39, 0.29) is 12.1 Å². The molecule has 0 N–H and O–H groups in total. The molecule has 1 aliphatic rings. The van der Waals surface area contributed by atoms with Gasteiger partial charge in [-0.05, 0) is 18.1 Å². The first-order chi connectivity index (χ1) is 10.2. The first-order valence-electron chi connectivity index (χ1n) is 7.16. The van der Waals surface area contributed by atoms with Crippen molar-refractivity contribution in [2.75, 3.05) is 7.05 Å². The van der Waals surface area contributed by atoms with Gasteiger partial charge in [-0.25, -0.2) is 0 Å². The molecule has 0 spiro atoms. The van der Waals surface area contributed by atoms with Crippen LogP contribution in [0.25, 0.3) is 0 Å². The molecule has 21 heavy (non-hydrogen) atoms. The van der Waals surface area contributed by atoms with Gasteiger partial charge in [-0.3, -0.25) is 4.84 Å². The van der Waals surface area contributed by atoms with E-state index in [0.717, 1.165) is 17.4 Å². The van der Waals surface area contributed by atoms with Crippen molar-refractivity contribution in [1.29, 1.82) is 0 Å². The minimum atomic E-state index is -0.697. The summed E-state index contributed by atoms with van der Waals surface area (Å²) in [6, 6.07) is 19.8. The standard InChI is InChI=1S/C18H19NO2/c1-14-18(13-20,16-11-7-4-8-12-16)17(19(2)21-14)15-9-5-3-6-10-15/h3-14,17H,1-2H3. The van der Waals surface area contributed by atoms with Gasteiger partial charge in [-0.1, -0.05) is 60.7 Å². The molecule has 0 aliphatic carbocycles. The lowest BCUT2D eigenvalue weighted by molar-refractivity contribution is -0.140. The molecule has 1 saturated heterocycles. The van der Waals surface area contributed by atoms with Crippen molar-refractivity contribution >= 4 is 6.29 Å². The molecule has 3 atom stereocenters. The van der Waals surface area contributed by atoms with Crippen LogP contribution in [0.1, 0.15) is 24.1 Å². The van der Waals surface area contributed by atoms with Gasteiger partial charge in [0, 0.05) is 7.05 Å². The molecule has 3 nitrogen and oxygen atoms in total. The van der Waals surface area contributed by atoms with Gasteiger partial charge in [0.05, 0.1) is 12.1 Å². The van der Waals surface area contributed by atoms with E-state index in [1.165, 1.54) is 0 Å². The Labute approximate surface area is 125 Å². The first-order valence-corrected chi connectivity index (χ1v) is 7.16. The molecule has 108 valence electrons. The molecule has 3 rings (SSSR count). The van der Waals surface area contributed by atoms with E-state index in [9.17, 15) is 4.79 Å². The van der Waals surface area contributed by atoms with Gasteiger partial charge in [0.15, 0.2) is 0 Å². The number of carbonyl (C=O) groups is 1. The van der Waals surface area contributed by atoms with Gasteiger partial charge >= 0.3 is 0 Å². The molecule has 2 aromatic rings. The lowest BCUT2D eigenvalue weighted by Gasteiger charge is -2.32. The molecule has 0 radical (unpaired) electrons. The normalized spacial score (nSPS) is 29.4. The van der Waals surface area contributed by atoms with Crippen LogP contribution in [0.2, 0.25) is 0 Å². The van der Waals surface area contributed by atoms with E-state index >= 15 is 0 Å². The third kappa shape index (κ3) is 2.09. The van der Waals surface area contributed by atoms with Crippen molar-refractivity contribution in [3.05, 3.63) is 71.8 Å². The molecule has 3 heteroatoms. The van der Waals surface area contributed by atoms with Crippen molar-refractivity contribution in [3.8, 4) is 0 Å². The number of hydrogen-bond acceptors (Lipinski definition) is 3. The summed E-state index contributed by atoms with van der Waals surface area (Å²) in [5.74, 6) is 0. The summed E-state index contributed by atoms with van der Waals surface area (Å²) in [6.07, 6.45) is 0.835. The summed E-state index contributed by atoms with van der Waals surface area (Å²) < 4.78 is 0. The Balaban J connectivity index is 2.18. The molecule has 0 bridgehead atoms. The minimum absolute atomic E-state index is 0.131. The fourth-order valence-corrected chi connectivity index (χ4v) is 3.39. The second-order valence-corrected chi connectivity index (χ2v) is 5.52. The van der Waals surface area contributed by atoms with Gasteiger partial charge < -0.3 is 4.79 Å². The van der Waals surface area contributed by atoms with Crippen LogP contribution >= 0.6 is 0 Å². The maximum Gasteiger partial charge on any atom is 0.135 e. The van der Waals surface area contributed by atoms with E-state index in [0.29, 0.717) is 0 Å². The van der Waals surface area contributed by atoms with Crippen LogP contribution in [0.3, 0.4) is 0 Å². The second-order valence-electron chi connectivity index (χ2n) is 5.52. The van der Waals surface area contributed by atoms with Gasteiger partial charge in [-0.2, -0.15) is 5.06 Å². The summed E-state index contributed by atoms with van der Waals surface area (Å²) in [7, 11) is 1.89. The second kappa shape index (κ2) is 5.43. The fraction of sp³-hybridized carbons (Fsp3) is 0.278. The molecule has 1 aliphatic heterocycles. The highest BCUT2D eigenvalue weighted by Crippen LogP contribution is 2.48. The smallest absolute Gasteiger partial charge is 0.135 e. The number of rotatable bonds is 3. The van der Waals surface area contributed by atoms with Crippen molar-refractivity contribution < 1.29 is 9.63 Å². The summed E-state index contributed by atoms with van der Waals surface area (Å²) >= 11 is 0. The Morgan fingerprint density at radius 1 is 1.05 bits per heavy atom. The highest BCUT2D eigenvalue weighted by molar-refractivity contribution is 5.72. The quantitative estimate of drug-likeness (QED) is 0.810.